The number of anilines is 2. The Balaban J connectivity index is 2.60. The van der Waals surface area contributed by atoms with Crippen molar-refractivity contribution in [2.75, 3.05) is 38.3 Å². The predicted octanol–water partition coefficient (Wildman–Crippen LogP) is 2.42. The van der Waals surface area contributed by atoms with Crippen LogP contribution in [0.25, 0.3) is 0 Å². The zero-order chi connectivity index (χ0) is 13.5. The summed E-state index contributed by atoms with van der Waals surface area (Å²) in [5.74, 6) is 0.819. The quantitative estimate of drug-likeness (QED) is 0.731. The van der Waals surface area contributed by atoms with Gasteiger partial charge in [0.15, 0.2) is 0 Å². The number of nitrogens with two attached hydrogens (primary N) is 1. The van der Waals surface area contributed by atoms with E-state index in [1.165, 1.54) is 0 Å². The Labute approximate surface area is 110 Å². The van der Waals surface area contributed by atoms with Gasteiger partial charge in [-0.05, 0) is 47.0 Å². The number of rotatable bonds is 7. The third-order valence-electron chi connectivity index (χ3n) is 2.66. The molecule has 0 spiro atoms. The fourth-order valence-electron chi connectivity index (χ4n) is 1.76. The minimum absolute atomic E-state index is 0.406. The first-order valence-corrected chi connectivity index (χ1v) is 6.46. The molecule has 1 rings (SSSR count). The van der Waals surface area contributed by atoms with E-state index in [0.717, 1.165) is 30.1 Å². The lowest BCUT2D eigenvalue weighted by molar-refractivity contribution is 0.340. The van der Waals surface area contributed by atoms with Crippen LogP contribution in [0.15, 0.2) is 18.2 Å². The van der Waals surface area contributed by atoms with E-state index in [1.54, 1.807) is 0 Å². The second kappa shape index (κ2) is 7.11. The summed E-state index contributed by atoms with van der Waals surface area (Å²) >= 11 is 0. The summed E-state index contributed by atoms with van der Waals surface area (Å²) in [6.07, 6.45) is 1.09. The SMILES string of the molecule is CCOc1cc(N)cc(NC(C)CCN(C)C)c1. The molecule has 0 amide bonds. The normalized spacial score (nSPS) is 12.5. The predicted molar refractivity (Wildman–Crippen MR) is 78.3 cm³/mol. The van der Waals surface area contributed by atoms with Gasteiger partial charge in [-0.25, -0.2) is 0 Å². The number of nitrogens with one attached hydrogen (secondary N) is 1. The van der Waals surface area contributed by atoms with Crippen molar-refractivity contribution < 1.29 is 4.74 Å². The smallest absolute Gasteiger partial charge is 0.123 e. The van der Waals surface area contributed by atoms with E-state index >= 15 is 0 Å². The van der Waals surface area contributed by atoms with Crippen LogP contribution in [0.5, 0.6) is 5.75 Å². The van der Waals surface area contributed by atoms with E-state index in [9.17, 15) is 0 Å². The second-order valence-corrected chi connectivity index (χ2v) is 4.86. The Hall–Kier alpha value is -1.42. The van der Waals surface area contributed by atoms with Crippen LogP contribution in [0.1, 0.15) is 20.3 Å². The molecule has 0 bridgehead atoms. The Morgan fingerprint density at radius 3 is 2.67 bits per heavy atom. The maximum absolute atomic E-state index is 5.86. The lowest BCUT2D eigenvalue weighted by Gasteiger charge is -2.18. The van der Waals surface area contributed by atoms with Crippen LogP contribution in [0, 0.1) is 0 Å². The molecule has 0 saturated heterocycles. The average Bonchev–Trinajstić information content (AvgIpc) is 2.26. The molecule has 1 aromatic rings. The topological polar surface area (TPSA) is 50.5 Å². The van der Waals surface area contributed by atoms with Crippen molar-refractivity contribution in [2.24, 2.45) is 0 Å². The van der Waals surface area contributed by atoms with E-state index in [-0.39, 0.29) is 0 Å². The van der Waals surface area contributed by atoms with Crippen molar-refractivity contribution in [3.05, 3.63) is 18.2 Å². The van der Waals surface area contributed by atoms with Crippen molar-refractivity contribution in [3.8, 4) is 5.75 Å². The van der Waals surface area contributed by atoms with Crippen LogP contribution >= 0.6 is 0 Å². The highest BCUT2D eigenvalue weighted by molar-refractivity contribution is 5.59. The van der Waals surface area contributed by atoms with E-state index < -0.39 is 0 Å². The van der Waals surface area contributed by atoms with Crippen molar-refractivity contribution in [3.63, 3.8) is 0 Å². The molecular weight excluding hydrogens is 226 g/mol. The summed E-state index contributed by atoms with van der Waals surface area (Å²) in [7, 11) is 4.17. The number of nitrogens with zero attached hydrogens (tertiary/aromatic N) is 1. The molecule has 3 N–H and O–H groups in total. The molecule has 4 heteroatoms. The zero-order valence-electron chi connectivity index (χ0n) is 11.9. The van der Waals surface area contributed by atoms with Crippen molar-refractivity contribution >= 4 is 11.4 Å². The fraction of sp³-hybridized carbons (Fsp3) is 0.571. The van der Waals surface area contributed by atoms with Crippen LogP contribution in [0.4, 0.5) is 11.4 Å². The molecule has 1 aromatic carbocycles. The van der Waals surface area contributed by atoms with Gasteiger partial charge in [0.25, 0.3) is 0 Å². The Bertz CT molecular complexity index is 366. The third-order valence-corrected chi connectivity index (χ3v) is 2.66. The van der Waals surface area contributed by atoms with E-state index in [2.05, 4.69) is 31.2 Å². The van der Waals surface area contributed by atoms with Gasteiger partial charge in [-0.3, -0.25) is 0 Å². The third kappa shape index (κ3) is 5.27. The lowest BCUT2D eigenvalue weighted by atomic mass is 10.2. The van der Waals surface area contributed by atoms with Gasteiger partial charge in [0, 0.05) is 29.5 Å². The molecule has 0 aliphatic carbocycles. The summed E-state index contributed by atoms with van der Waals surface area (Å²) in [4.78, 5) is 2.18. The van der Waals surface area contributed by atoms with Crippen molar-refractivity contribution in [1.82, 2.24) is 4.90 Å². The molecule has 1 atom stereocenters. The number of hydrogen-bond acceptors (Lipinski definition) is 4. The monoisotopic (exact) mass is 251 g/mol. The largest absolute Gasteiger partial charge is 0.494 e. The molecule has 0 heterocycles. The standard InChI is InChI=1S/C14H25N3O/c1-5-18-14-9-12(15)8-13(10-14)16-11(2)6-7-17(3)4/h8-11,16H,5-7,15H2,1-4H3. The number of ether oxygens (including phenoxy) is 1. The van der Waals surface area contributed by atoms with Gasteiger partial charge in [0.05, 0.1) is 6.61 Å². The Morgan fingerprint density at radius 1 is 1.33 bits per heavy atom. The minimum Gasteiger partial charge on any atom is -0.494 e. The summed E-state index contributed by atoms with van der Waals surface area (Å²) < 4.78 is 5.48. The molecule has 1 unspecified atom stereocenters. The summed E-state index contributed by atoms with van der Waals surface area (Å²) in [5, 5.41) is 3.45. The minimum atomic E-state index is 0.406. The van der Waals surface area contributed by atoms with Crippen LogP contribution in [-0.2, 0) is 0 Å². The Kier molecular flexibility index (Phi) is 5.78. The molecule has 0 aromatic heterocycles. The van der Waals surface area contributed by atoms with E-state index in [1.807, 2.05) is 25.1 Å². The fourth-order valence-corrected chi connectivity index (χ4v) is 1.76. The van der Waals surface area contributed by atoms with Gasteiger partial charge in [0.1, 0.15) is 5.75 Å². The number of nitrogen functional groups attached to an aromatic ring is 1. The highest BCUT2D eigenvalue weighted by atomic mass is 16.5. The molecule has 18 heavy (non-hydrogen) atoms. The maximum Gasteiger partial charge on any atom is 0.123 e. The van der Waals surface area contributed by atoms with Crippen LogP contribution in [0.3, 0.4) is 0 Å². The number of hydrogen-bond donors (Lipinski definition) is 2. The average molecular weight is 251 g/mol. The van der Waals surface area contributed by atoms with Crippen LogP contribution in [0.2, 0.25) is 0 Å². The first kappa shape index (κ1) is 14.6. The highest BCUT2D eigenvalue weighted by Crippen LogP contribution is 2.23. The van der Waals surface area contributed by atoms with Crippen molar-refractivity contribution in [2.45, 2.75) is 26.3 Å². The van der Waals surface area contributed by atoms with Gasteiger partial charge < -0.3 is 20.7 Å². The number of benzene rings is 1. The van der Waals surface area contributed by atoms with E-state index in [4.69, 9.17) is 10.5 Å². The zero-order valence-corrected chi connectivity index (χ0v) is 11.9. The summed E-state index contributed by atoms with van der Waals surface area (Å²) in [6.45, 7) is 5.86. The molecular formula is C14H25N3O. The van der Waals surface area contributed by atoms with Crippen LogP contribution in [-0.4, -0.2) is 38.2 Å². The molecule has 102 valence electrons. The Morgan fingerprint density at radius 2 is 2.06 bits per heavy atom. The van der Waals surface area contributed by atoms with Gasteiger partial charge in [0.2, 0.25) is 0 Å². The van der Waals surface area contributed by atoms with Crippen molar-refractivity contribution in [1.29, 1.82) is 0 Å². The maximum atomic E-state index is 5.86. The van der Waals surface area contributed by atoms with E-state index in [0.29, 0.717) is 12.6 Å². The van der Waals surface area contributed by atoms with Gasteiger partial charge >= 0.3 is 0 Å². The molecule has 4 nitrogen and oxygen atoms in total. The molecule has 0 aliphatic rings. The highest BCUT2D eigenvalue weighted by Gasteiger charge is 2.05. The second-order valence-electron chi connectivity index (χ2n) is 4.86. The van der Waals surface area contributed by atoms with Crippen LogP contribution < -0.4 is 15.8 Å². The molecule has 0 fully saturated rings. The first-order chi connectivity index (χ1) is 8.51. The first-order valence-electron chi connectivity index (χ1n) is 6.46. The molecule has 0 aliphatic heterocycles. The van der Waals surface area contributed by atoms with Gasteiger partial charge in [-0.1, -0.05) is 0 Å². The summed E-state index contributed by atoms with van der Waals surface area (Å²) in [6, 6.07) is 6.18. The lowest BCUT2D eigenvalue weighted by Crippen LogP contribution is -2.23. The molecule has 0 saturated carbocycles. The van der Waals surface area contributed by atoms with Gasteiger partial charge in [-0.15, -0.1) is 0 Å². The summed E-state index contributed by atoms with van der Waals surface area (Å²) in [5.41, 5.74) is 7.60. The van der Waals surface area contributed by atoms with Gasteiger partial charge in [-0.2, -0.15) is 0 Å². The molecule has 0 radical (unpaired) electrons.